The van der Waals surface area contributed by atoms with Gasteiger partial charge in [0, 0.05) is 12.5 Å². The van der Waals surface area contributed by atoms with E-state index in [0.29, 0.717) is 6.42 Å². The van der Waals surface area contributed by atoms with Gasteiger partial charge in [0.05, 0.1) is 6.07 Å². The molecule has 0 aromatic heterocycles. The van der Waals surface area contributed by atoms with Crippen LogP contribution in [0.2, 0.25) is 0 Å². The van der Waals surface area contributed by atoms with Crippen LogP contribution in [0.3, 0.4) is 0 Å². The molecule has 0 bridgehead atoms. The molecular formula is C10H16N2O3. The first-order chi connectivity index (χ1) is 6.83. The summed E-state index contributed by atoms with van der Waals surface area (Å²) in [5.74, 6) is -0.171. The quantitative estimate of drug-likeness (QED) is 0.708. The second-order valence-corrected chi connectivity index (χ2v) is 4.79. The molecule has 2 N–H and O–H groups in total. The molecule has 0 unspecified atom stereocenters. The molecular weight excluding hydrogens is 196 g/mol. The van der Waals surface area contributed by atoms with Crippen molar-refractivity contribution in [1.29, 1.82) is 5.26 Å². The number of nitriles is 1. The molecule has 1 aliphatic rings. The second-order valence-electron chi connectivity index (χ2n) is 4.79. The van der Waals surface area contributed by atoms with Crippen molar-refractivity contribution < 1.29 is 14.6 Å². The van der Waals surface area contributed by atoms with Crippen LogP contribution in [0.15, 0.2) is 0 Å². The lowest BCUT2D eigenvalue weighted by Crippen LogP contribution is -2.41. The van der Waals surface area contributed by atoms with Gasteiger partial charge >= 0.3 is 6.09 Å². The third kappa shape index (κ3) is 2.83. The second kappa shape index (κ2) is 3.70. The third-order valence-electron chi connectivity index (χ3n) is 2.25. The van der Waals surface area contributed by atoms with Gasteiger partial charge in [0.15, 0.2) is 0 Å². The zero-order valence-electron chi connectivity index (χ0n) is 9.20. The van der Waals surface area contributed by atoms with E-state index < -0.39 is 17.2 Å². The number of nitrogens with zero attached hydrogens (tertiary/aromatic N) is 1. The molecule has 2 atom stereocenters. The number of aliphatic hydroxyl groups excluding tert-OH is 1. The minimum absolute atomic E-state index is 0.0939. The smallest absolute Gasteiger partial charge is 0.408 e. The first-order valence-electron chi connectivity index (χ1n) is 4.86. The lowest BCUT2D eigenvalue weighted by Gasteiger charge is -2.21. The van der Waals surface area contributed by atoms with Gasteiger partial charge in [-0.1, -0.05) is 0 Å². The van der Waals surface area contributed by atoms with Crippen LogP contribution in [0.5, 0.6) is 0 Å². The Hall–Kier alpha value is -1.28. The highest BCUT2D eigenvalue weighted by molar-refractivity contribution is 5.70. The van der Waals surface area contributed by atoms with Crippen molar-refractivity contribution in [3.8, 4) is 6.07 Å². The van der Waals surface area contributed by atoms with Crippen LogP contribution in [0, 0.1) is 17.2 Å². The van der Waals surface area contributed by atoms with Crippen molar-refractivity contribution in [2.45, 2.75) is 38.3 Å². The standard InChI is InChI=1S/C10H16N2O3/c1-9(2,3)15-8(14)12-10(6-11)4-7(10)5-13/h7,13H,4-5H2,1-3H3,(H,12,14)/t7-,10-/m0/s1. The Morgan fingerprint density at radius 1 is 1.73 bits per heavy atom. The summed E-state index contributed by atoms with van der Waals surface area (Å²) in [5, 5.41) is 20.2. The summed E-state index contributed by atoms with van der Waals surface area (Å²) in [5.41, 5.74) is -1.50. The van der Waals surface area contributed by atoms with E-state index in [-0.39, 0.29) is 12.5 Å². The average molecular weight is 212 g/mol. The van der Waals surface area contributed by atoms with Gasteiger partial charge in [-0.15, -0.1) is 0 Å². The molecule has 1 rings (SSSR count). The molecule has 0 radical (unpaired) electrons. The summed E-state index contributed by atoms with van der Waals surface area (Å²) < 4.78 is 5.03. The summed E-state index contributed by atoms with van der Waals surface area (Å²) >= 11 is 0. The van der Waals surface area contributed by atoms with Gasteiger partial charge in [-0.3, -0.25) is 0 Å². The highest BCUT2D eigenvalue weighted by Crippen LogP contribution is 2.42. The summed E-state index contributed by atoms with van der Waals surface area (Å²) in [7, 11) is 0. The Bertz CT molecular complexity index is 303. The predicted molar refractivity (Wildman–Crippen MR) is 52.9 cm³/mol. The fourth-order valence-electron chi connectivity index (χ4n) is 1.35. The van der Waals surface area contributed by atoms with Crippen molar-refractivity contribution in [2.24, 2.45) is 5.92 Å². The maximum atomic E-state index is 11.4. The number of amides is 1. The molecule has 1 aliphatic carbocycles. The van der Waals surface area contributed by atoms with Crippen molar-refractivity contribution in [3.63, 3.8) is 0 Å². The van der Waals surface area contributed by atoms with Gasteiger partial charge in [0.25, 0.3) is 0 Å². The molecule has 1 amide bonds. The molecule has 1 saturated carbocycles. The molecule has 5 nitrogen and oxygen atoms in total. The number of aliphatic hydroxyl groups is 1. The average Bonchev–Trinajstić information content (AvgIpc) is 2.76. The lowest BCUT2D eigenvalue weighted by molar-refractivity contribution is 0.0503. The predicted octanol–water partition coefficient (Wildman–Crippen LogP) is 0.786. The zero-order chi connectivity index (χ0) is 11.7. The van der Waals surface area contributed by atoms with E-state index in [0.717, 1.165) is 0 Å². The number of rotatable bonds is 2. The fraction of sp³-hybridized carbons (Fsp3) is 0.800. The fourth-order valence-corrected chi connectivity index (χ4v) is 1.35. The molecule has 0 aliphatic heterocycles. The van der Waals surface area contributed by atoms with E-state index in [4.69, 9.17) is 15.1 Å². The largest absolute Gasteiger partial charge is 0.444 e. The number of ether oxygens (including phenoxy) is 1. The molecule has 0 spiro atoms. The highest BCUT2D eigenvalue weighted by Gasteiger charge is 2.56. The van der Waals surface area contributed by atoms with Crippen LogP contribution in [0.1, 0.15) is 27.2 Å². The molecule has 1 fully saturated rings. The van der Waals surface area contributed by atoms with E-state index >= 15 is 0 Å². The minimum Gasteiger partial charge on any atom is -0.444 e. The van der Waals surface area contributed by atoms with Gasteiger partial charge in [0.2, 0.25) is 0 Å². The number of carbonyl (C=O) groups is 1. The van der Waals surface area contributed by atoms with E-state index in [1.807, 2.05) is 6.07 Å². The molecule has 0 heterocycles. The topological polar surface area (TPSA) is 82.3 Å². The van der Waals surface area contributed by atoms with Gasteiger partial charge in [-0.2, -0.15) is 5.26 Å². The van der Waals surface area contributed by atoms with Gasteiger partial charge in [-0.05, 0) is 27.2 Å². The minimum atomic E-state index is -0.920. The SMILES string of the molecule is CC(C)(C)OC(=O)N[C@]1(C#N)C[C@H]1CO. The van der Waals surface area contributed by atoms with E-state index in [9.17, 15) is 4.79 Å². The van der Waals surface area contributed by atoms with Gasteiger partial charge < -0.3 is 15.2 Å². The van der Waals surface area contributed by atoms with E-state index in [1.54, 1.807) is 20.8 Å². The normalized spacial score (nSPS) is 29.1. The van der Waals surface area contributed by atoms with Gasteiger partial charge in [0.1, 0.15) is 11.1 Å². The number of hydrogen-bond acceptors (Lipinski definition) is 4. The maximum absolute atomic E-state index is 11.4. The van der Waals surface area contributed by atoms with Crippen LogP contribution in [-0.2, 0) is 4.74 Å². The first kappa shape index (κ1) is 11.8. The summed E-state index contributed by atoms with van der Waals surface area (Å²) in [6, 6.07) is 2.00. The van der Waals surface area contributed by atoms with E-state index in [1.165, 1.54) is 0 Å². The Labute approximate surface area is 89.0 Å². The van der Waals surface area contributed by atoms with Crippen LogP contribution >= 0.6 is 0 Å². The molecule has 0 aromatic carbocycles. The van der Waals surface area contributed by atoms with E-state index in [2.05, 4.69) is 5.32 Å². The zero-order valence-corrected chi connectivity index (χ0v) is 9.20. The van der Waals surface area contributed by atoms with Crippen molar-refractivity contribution in [2.75, 3.05) is 6.61 Å². The number of carbonyl (C=O) groups excluding carboxylic acids is 1. The molecule has 15 heavy (non-hydrogen) atoms. The highest BCUT2D eigenvalue weighted by atomic mass is 16.6. The van der Waals surface area contributed by atoms with Crippen LogP contribution < -0.4 is 5.32 Å². The monoisotopic (exact) mass is 212 g/mol. The number of nitrogens with one attached hydrogen (secondary N) is 1. The maximum Gasteiger partial charge on any atom is 0.408 e. The third-order valence-corrected chi connectivity index (χ3v) is 2.25. The first-order valence-corrected chi connectivity index (χ1v) is 4.86. The van der Waals surface area contributed by atoms with Crippen LogP contribution in [0.25, 0.3) is 0 Å². The summed E-state index contributed by atoms with van der Waals surface area (Å²) in [6.07, 6.45) is -0.126. The molecule has 5 heteroatoms. The number of alkyl carbamates (subject to hydrolysis) is 1. The van der Waals surface area contributed by atoms with Crippen molar-refractivity contribution in [3.05, 3.63) is 0 Å². The Kier molecular flexibility index (Phi) is 2.91. The molecule has 0 saturated heterocycles. The lowest BCUT2D eigenvalue weighted by atomic mass is 10.2. The van der Waals surface area contributed by atoms with Crippen LogP contribution in [-0.4, -0.2) is 28.9 Å². The number of hydrogen-bond donors (Lipinski definition) is 2. The van der Waals surface area contributed by atoms with Crippen LogP contribution in [0.4, 0.5) is 4.79 Å². The Morgan fingerprint density at radius 2 is 2.33 bits per heavy atom. The molecule has 0 aromatic rings. The van der Waals surface area contributed by atoms with Crippen molar-refractivity contribution >= 4 is 6.09 Å². The summed E-state index contributed by atoms with van der Waals surface area (Å²) in [6.45, 7) is 5.16. The van der Waals surface area contributed by atoms with Crippen molar-refractivity contribution in [1.82, 2.24) is 5.32 Å². The van der Waals surface area contributed by atoms with Gasteiger partial charge in [-0.25, -0.2) is 4.79 Å². The Balaban J connectivity index is 2.50. The summed E-state index contributed by atoms with van der Waals surface area (Å²) in [4.78, 5) is 11.4. The molecule has 84 valence electrons. The Morgan fingerprint density at radius 3 is 2.67 bits per heavy atom.